The second-order valence-corrected chi connectivity index (χ2v) is 13.5. The summed E-state index contributed by atoms with van der Waals surface area (Å²) in [6.07, 6.45) is 0. The van der Waals surface area contributed by atoms with E-state index in [-0.39, 0.29) is 5.84 Å². The van der Waals surface area contributed by atoms with Crippen LogP contribution < -0.4 is 5.56 Å². The molecule has 258 valence electrons. The lowest BCUT2D eigenvalue weighted by Gasteiger charge is -2.09. The maximum absolute atomic E-state index is 13.6. The third kappa shape index (κ3) is 5.04. The van der Waals surface area contributed by atoms with Crippen LogP contribution in [0.4, 0.5) is 0 Å². The fraction of sp³-hybridized carbons (Fsp3) is 0. The Hall–Kier alpha value is -7.71. The average molecular weight is 709 g/mol. The van der Waals surface area contributed by atoms with Crippen LogP contribution in [-0.2, 0) is 0 Å². The zero-order valence-corrected chi connectivity index (χ0v) is 29.2. The van der Waals surface area contributed by atoms with E-state index in [4.69, 9.17) is 19.4 Å². The van der Waals surface area contributed by atoms with Gasteiger partial charge in [-0.25, -0.2) is 15.0 Å². The number of hydrogen-bond acceptors (Lipinski definition) is 6. The summed E-state index contributed by atoms with van der Waals surface area (Å²) in [5.41, 5.74) is 9.64. The third-order valence-electron chi connectivity index (χ3n) is 10.2. The highest BCUT2D eigenvalue weighted by Gasteiger charge is 2.18. The molecule has 8 nitrogen and oxygen atoms in total. The van der Waals surface area contributed by atoms with Gasteiger partial charge in [-0.1, -0.05) is 109 Å². The first-order chi connectivity index (χ1) is 27.2. The Balaban J connectivity index is 1.06. The summed E-state index contributed by atoms with van der Waals surface area (Å²) in [7, 11) is 0. The monoisotopic (exact) mass is 708 g/mol. The van der Waals surface area contributed by atoms with E-state index in [0.717, 1.165) is 44.5 Å². The van der Waals surface area contributed by atoms with Gasteiger partial charge in [-0.15, -0.1) is 0 Å². The minimum absolute atomic E-state index is 0.233. The van der Waals surface area contributed by atoms with Gasteiger partial charge in [0.05, 0.1) is 27.5 Å². The molecule has 0 radical (unpaired) electrons. The molecule has 0 fully saturated rings. The van der Waals surface area contributed by atoms with Gasteiger partial charge in [0.15, 0.2) is 23.1 Å². The molecule has 0 saturated heterocycles. The van der Waals surface area contributed by atoms with Gasteiger partial charge in [-0.05, 0) is 71.8 Å². The van der Waals surface area contributed by atoms with Crippen molar-refractivity contribution in [2.45, 2.75) is 0 Å². The highest BCUT2D eigenvalue weighted by molar-refractivity contribution is 6.10. The molecule has 0 aliphatic heterocycles. The largest absolute Gasteiger partial charge is 0.423 e. The van der Waals surface area contributed by atoms with E-state index < -0.39 is 5.56 Å². The first-order valence-corrected chi connectivity index (χ1v) is 18.0. The quantitative estimate of drug-likeness (QED) is 0.177. The molecule has 0 aliphatic rings. The number of nitrogens with zero attached hydrogens (tertiary/aromatic N) is 6. The fourth-order valence-corrected chi connectivity index (χ4v) is 7.64. The lowest BCUT2D eigenvalue weighted by Crippen LogP contribution is -2.09. The lowest BCUT2D eigenvalue weighted by atomic mass is 10.0. The Morgan fingerprint density at radius 3 is 1.67 bits per heavy atom. The standard InChI is InChI=1S/C47H28N6O2/c54-46-37-27-33(45-49-43(29-12-4-1-5-13-29)48-44(50-45)30-14-6-2-7-15-30)21-24-40(37)53-41-28-32(22-25-42(41)55-47(53)51-46)31-20-23-39-36(26-31)35-18-10-11-19-38(35)52(39)34-16-8-3-9-17-34/h1-28H. The molecule has 0 N–H and O–H groups in total. The maximum Gasteiger partial charge on any atom is 0.310 e. The van der Waals surface area contributed by atoms with Crippen LogP contribution in [0, 0.1) is 0 Å². The SMILES string of the molecule is O=c1nc2oc3ccc(-c4ccc5c(c4)c4ccccc4n5-c4ccccc4)cc3n2c2ccc(-c3nc(-c4ccccc4)nc(-c4ccccc4)n3)cc12. The molecule has 11 rings (SSSR count). The van der Waals surface area contributed by atoms with Gasteiger partial charge in [-0.2, -0.15) is 4.98 Å². The van der Waals surface area contributed by atoms with Crippen molar-refractivity contribution >= 4 is 49.7 Å². The zero-order chi connectivity index (χ0) is 36.5. The van der Waals surface area contributed by atoms with Crippen molar-refractivity contribution in [3.8, 4) is 51.0 Å². The van der Waals surface area contributed by atoms with Gasteiger partial charge in [0, 0.05) is 33.2 Å². The Morgan fingerprint density at radius 2 is 0.945 bits per heavy atom. The van der Waals surface area contributed by atoms with Gasteiger partial charge >= 0.3 is 5.84 Å². The second kappa shape index (κ2) is 12.2. The Bertz CT molecular complexity index is 3280. The predicted molar refractivity (Wildman–Crippen MR) is 218 cm³/mol. The lowest BCUT2D eigenvalue weighted by molar-refractivity contribution is 0.636. The highest BCUT2D eigenvalue weighted by Crippen LogP contribution is 2.36. The van der Waals surface area contributed by atoms with Crippen LogP contribution in [0.15, 0.2) is 179 Å². The molecular weight excluding hydrogens is 681 g/mol. The molecular formula is C47H28N6O2. The van der Waals surface area contributed by atoms with Crippen LogP contribution in [0.2, 0.25) is 0 Å². The Labute approximate surface area is 313 Å². The van der Waals surface area contributed by atoms with Gasteiger partial charge in [0.1, 0.15) is 0 Å². The predicted octanol–water partition coefficient (Wildman–Crippen LogP) is 10.5. The summed E-state index contributed by atoms with van der Waals surface area (Å²) in [6, 6.07) is 57.0. The van der Waals surface area contributed by atoms with E-state index in [9.17, 15) is 4.79 Å². The number of hydrogen-bond donors (Lipinski definition) is 0. The van der Waals surface area contributed by atoms with Crippen molar-refractivity contribution in [2.24, 2.45) is 0 Å². The topological polar surface area (TPSA) is 91.1 Å². The zero-order valence-electron chi connectivity index (χ0n) is 29.2. The Kier molecular flexibility index (Phi) is 6.84. The third-order valence-corrected chi connectivity index (χ3v) is 10.2. The van der Waals surface area contributed by atoms with Crippen LogP contribution in [0.5, 0.6) is 0 Å². The van der Waals surface area contributed by atoms with Crippen LogP contribution >= 0.6 is 0 Å². The molecule has 55 heavy (non-hydrogen) atoms. The van der Waals surface area contributed by atoms with E-state index in [0.29, 0.717) is 39.5 Å². The smallest absolute Gasteiger partial charge is 0.310 e. The van der Waals surface area contributed by atoms with Crippen molar-refractivity contribution in [1.82, 2.24) is 28.9 Å². The molecule has 11 aromatic rings. The minimum atomic E-state index is -0.392. The van der Waals surface area contributed by atoms with E-state index in [2.05, 4.69) is 88.4 Å². The molecule has 0 amide bonds. The van der Waals surface area contributed by atoms with Crippen molar-refractivity contribution in [3.05, 3.63) is 180 Å². The van der Waals surface area contributed by atoms with E-state index >= 15 is 0 Å². The van der Waals surface area contributed by atoms with Crippen molar-refractivity contribution in [2.75, 3.05) is 0 Å². The summed E-state index contributed by atoms with van der Waals surface area (Å²) in [5.74, 6) is 1.79. The molecule has 0 saturated carbocycles. The number of aromatic nitrogens is 6. The first kappa shape index (κ1) is 30.9. The molecule has 0 bridgehead atoms. The molecule has 7 aromatic carbocycles. The average Bonchev–Trinajstić information content (AvgIpc) is 3.79. The van der Waals surface area contributed by atoms with Crippen molar-refractivity contribution in [3.63, 3.8) is 0 Å². The molecule has 8 heteroatoms. The molecule has 0 spiro atoms. The highest BCUT2D eigenvalue weighted by atomic mass is 16.4. The summed E-state index contributed by atoms with van der Waals surface area (Å²) in [6.45, 7) is 0. The van der Waals surface area contributed by atoms with Crippen LogP contribution in [0.1, 0.15) is 0 Å². The molecule has 4 aromatic heterocycles. The van der Waals surface area contributed by atoms with E-state index in [1.165, 1.54) is 10.8 Å². The van der Waals surface area contributed by atoms with E-state index in [1.54, 1.807) is 0 Å². The Morgan fingerprint density at radius 1 is 0.400 bits per heavy atom. The number of fused-ring (bicyclic) bond motifs is 8. The maximum atomic E-state index is 13.6. The van der Waals surface area contributed by atoms with Gasteiger partial charge in [0.25, 0.3) is 5.56 Å². The van der Waals surface area contributed by atoms with Gasteiger partial charge < -0.3 is 8.98 Å². The van der Waals surface area contributed by atoms with Crippen molar-refractivity contribution in [1.29, 1.82) is 0 Å². The number of benzene rings is 7. The number of rotatable bonds is 5. The summed E-state index contributed by atoms with van der Waals surface area (Å²) >= 11 is 0. The fourth-order valence-electron chi connectivity index (χ4n) is 7.64. The molecule has 0 aliphatic carbocycles. The van der Waals surface area contributed by atoms with Crippen LogP contribution in [0.25, 0.3) is 101 Å². The number of para-hydroxylation sites is 2. The van der Waals surface area contributed by atoms with E-state index in [1.807, 2.05) is 95.4 Å². The summed E-state index contributed by atoms with van der Waals surface area (Å²) < 4.78 is 10.4. The normalized spacial score (nSPS) is 11.7. The van der Waals surface area contributed by atoms with Crippen LogP contribution in [-0.4, -0.2) is 28.9 Å². The van der Waals surface area contributed by atoms with Crippen LogP contribution in [0.3, 0.4) is 0 Å². The summed E-state index contributed by atoms with van der Waals surface area (Å²) in [5, 5.41) is 2.79. The molecule has 0 atom stereocenters. The molecule has 0 unspecified atom stereocenters. The number of oxazole rings is 1. The first-order valence-electron chi connectivity index (χ1n) is 18.0. The van der Waals surface area contributed by atoms with Gasteiger partial charge in [0.2, 0.25) is 0 Å². The minimum Gasteiger partial charge on any atom is -0.423 e. The van der Waals surface area contributed by atoms with Crippen molar-refractivity contribution < 1.29 is 4.42 Å². The summed E-state index contributed by atoms with van der Waals surface area (Å²) in [4.78, 5) is 32.6. The second-order valence-electron chi connectivity index (χ2n) is 13.5. The molecule has 4 heterocycles. The van der Waals surface area contributed by atoms with Gasteiger partial charge in [-0.3, -0.25) is 9.20 Å².